The lowest BCUT2D eigenvalue weighted by Gasteiger charge is -2.12. The van der Waals surface area contributed by atoms with Crippen LogP contribution in [0.25, 0.3) is 0 Å². The fraction of sp³-hybridized carbons (Fsp3) is 0.250. The highest BCUT2D eigenvalue weighted by Crippen LogP contribution is 2.29. The second-order valence-corrected chi connectivity index (χ2v) is 4.82. The molecule has 0 radical (unpaired) electrons. The van der Waals surface area contributed by atoms with Crippen molar-refractivity contribution in [3.05, 3.63) is 59.4 Å². The molecule has 0 spiro atoms. The second kappa shape index (κ2) is 6.63. The van der Waals surface area contributed by atoms with Crippen LogP contribution >= 0.6 is 0 Å². The predicted molar refractivity (Wildman–Crippen MR) is 74.8 cm³/mol. The van der Waals surface area contributed by atoms with E-state index >= 15 is 0 Å². The molecular weight excluding hydrogens is 279 g/mol. The summed E-state index contributed by atoms with van der Waals surface area (Å²) in [6.45, 7) is 1.91. The smallest absolute Gasteiger partial charge is 0.198 e. The van der Waals surface area contributed by atoms with E-state index in [4.69, 9.17) is 10.5 Å². The van der Waals surface area contributed by atoms with Gasteiger partial charge in [-0.3, -0.25) is 0 Å². The van der Waals surface area contributed by atoms with Crippen LogP contribution in [-0.2, 0) is 6.42 Å². The summed E-state index contributed by atoms with van der Waals surface area (Å²) in [5.74, 6) is -2.41. The van der Waals surface area contributed by atoms with Gasteiger partial charge in [0, 0.05) is 6.04 Å². The maximum atomic E-state index is 14.0. The lowest BCUT2D eigenvalue weighted by molar-refractivity contribution is 0.405. The Balaban J connectivity index is 2.22. The third-order valence-electron chi connectivity index (χ3n) is 3.11. The summed E-state index contributed by atoms with van der Waals surface area (Å²) in [7, 11) is 0. The van der Waals surface area contributed by atoms with Crippen molar-refractivity contribution in [3.63, 3.8) is 0 Å². The van der Waals surface area contributed by atoms with Crippen molar-refractivity contribution in [1.82, 2.24) is 0 Å². The van der Waals surface area contributed by atoms with Crippen LogP contribution in [0.1, 0.15) is 18.9 Å². The molecule has 0 aliphatic carbocycles. The highest BCUT2D eigenvalue weighted by molar-refractivity contribution is 5.36. The van der Waals surface area contributed by atoms with Gasteiger partial charge in [0.1, 0.15) is 11.6 Å². The zero-order valence-corrected chi connectivity index (χ0v) is 11.6. The molecular formula is C16H16F3NO. The number of hydrogen-bond donors (Lipinski definition) is 1. The average Bonchev–Trinajstić information content (AvgIpc) is 2.44. The van der Waals surface area contributed by atoms with Crippen LogP contribution in [0.15, 0.2) is 36.4 Å². The minimum Gasteiger partial charge on any atom is -0.451 e. The van der Waals surface area contributed by atoms with Crippen LogP contribution in [-0.4, -0.2) is 6.04 Å². The normalized spacial score (nSPS) is 12.2. The van der Waals surface area contributed by atoms with E-state index in [2.05, 4.69) is 0 Å². The minimum absolute atomic E-state index is 0.146. The Bertz CT molecular complexity index is 590. The van der Waals surface area contributed by atoms with Crippen molar-refractivity contribution in [2.75, 3.05) is 0 Å². The fourth-order valence-corrected chi connectivity index (χ4v) is 1.90. The standard InChI is InChI=1S/C16H16F3NO/c1-2-12(20)7-10-8-14(18)16(15(19)9-10)21-13-5-3-11(17)4-6-13/h3-6,8-9,12H,2,7,20H2,1H3. The number of ether oxygens (including phenoxy) is 1. The topological polar surface area (TPSA) is 35.2 Å². The lowest BCUT2D eigenvalue weighted by atomic mass is 10.0. The highest BCUT2D eigenvalue weighted by Gasteiger charge is 2.15. The molecule has 2 rings (SSSR count). The first-order chi connectivity index (χ1) is 9.99. The largest absolute Gasteiger partial charge is 0.451 e. The predicted octanol–water partition coefficient (Wildman–Crippen LogP) is 4.18. The highest BCUT2D eigenvalue weighted by atomic mass is 19.1. The van der Waals surface area contributed by atoms with Crippen LogP contribution in [0.4, 0.5) is 13.2 Å². The number of nitrogens with two attached hydrogens (primary N) is 1. The van der Waals surface area contributed by atoms with Gasteiger partial charge < -0.3 is 10.5 Å². The molecule has 5 heteroatoms. The maximum Gasteiger partial charge on any atom is 0.198 e. The molecule has 1 atom stereocenters. The van der Waals surface area contributed by atoms with Crippen LogP contribution in [0.3, 0.4) is 0 Å². The Hall–Kier alpha value is -2.01. The summed E-state index contributed by atoms with van der Waals surface area (Å²) in [4.78, 5) is 0. The lowest BCUT2D eigenvalue weighted by Crippen LogP contribution is -2.21. The third kappa shape index (κ3) is 3.98. The van der Waals surface area contributed by atoms with Gasteiger partial charge in [-0.2, -0.15) is 0 Å². The van der Waals surface area contributed by atoms with Crippen molar-refractivity contribution in [2.24, 2.45) is 5.73 Å². The minimum atomic E-state index is -0.808. The zero-order valence-electron chi connectivity index (χ0n) is 11.6. The van der Waals surface area contributed by atoms with Gasteiger partial charge in [0.15, 0.2) is 17.4 Å². The number of rotatable bonds is 5. The van der Waals surface area contributed by atoms with Gasteiger partial charge in [-0.05, 0) is 54.8 Å². The number of benzene rings is 2. The van der Waals surface area contributed by atoms with Crippen molar-refractivity contribution in [1.29, 1.82) is 0 Å². The summed E-state index contributed by atoms with van der Waals surface area (Å²) in [5.41, 5.74) is 6.25. The molecule has 0 fully saturated rings. The van der Waals surface area contributed by atoms with Gasteiger partial charge in [0.2, 0.25) is 0 Å². The quantitative estimate of drug-likeness (QED) is 0.898. The SMILES string of the molecule is CCC(N)Cc1cc(F)c(Oc2ccc(F)cc2)c(F)c1. The van der Waals surface area contributed by atoms with Gasteiger partial charge in [-0.25, -0.2) is 13.2 Å². The Morgan fingerprint density at radius 2 is 1.62 bits per heavy atom. The van der Waals surface area contributed by atoms with E-state index in [0.29, 0.717) is 12.0 Å². The van der Waals surface area contributed by atoms with Gasteiger partial charge in [-0.15, -0.1) is 0 Å². The summed E-state index contributed by atoms with van der Waals surface area (Å²) in [6.07, 6.45) is 1.11. The molecule has 2 nitrogen and oxygen atoms in total. The molecule has 2 aromatic carbocycles. The molecule has 0 bridgehead atoms. The van der Waals surface area contributed by atoms with E-state index in [-0.39, 0.29) is 11.8 Å². The Kier molecular flexibility index (Phi) is 4.85. The molecule has 0 aromatic heterocycles. The molecule has 0 aliphatic heterocycles. The summed E-state index contributed by atoms with van der Waals surface area (Å²) in [6, 6.07) is 7.17. The molecule has 1 unspecified atom stereocenters. The molecule has 0 amide bonds. The molecule has 2 aromatic rings. The first-order valence-electron chi connectivity index (χ1n) is 6.66. The Morgan fingerprint density at radius 3 is 2.14 bits per heavy atom. The van der Waals surface area contributed by atoms with E-state index in [1.807, 2.05) is 6.92 Å². The number of halogens is 3. The van der Waals surface area contributed by atoms with Gasteiger partial charge >= 0.3 is 0 Å². The van der Waals surface area contributed by atoms with Crippen molar-refractivity contribution < 1.29 is 17.9 Å². The zero-order chi connectivity index (χ0) is 15.4. The van der Waals surface area contributed by atoms with Crippen molar-refractivity contribution in [2.45, 2.75) is 25.8 Å². The van der Waals surface area contributed by atoms with Crippen LogP contribution in [0.5, 0.6) is 11.5 Å². The third-order valence-corrected chi connectivity index (χ3v) is 3.11. The Labute approximate surface area is 121 Å². The van der Waals surface area contributed by atoms with Crippen LogP contribution < -0.4 is 10.5 Å². The molecule has 21 heavy (non-hydrogen) atoms. The second-order valence-electron chi connectivity index (χ2n) is 4.82. The first-order valence-corrected chi connectivity index (χ1v) is 6.66. The van der Waals surface area contributed by atoms with Crippen LogP contribution in [0, 0.1) is 17.5 Å². The van der Waals surface area contributed by atoms with E-state index in [0.717, 1.165) is 18.6 Å². The molecule has 0 saturated heterocycles. The molecule has 0 saturated carbocycles. The maximum absolute atomic E-state index is 14.0. The number of hydrogen-bond acceptors (Lipinski definition) is 2. The van der Waals surface area contributed by atoms with E-state index in [1.54, 1.807) is 0 Å². The fourth-order valence-electron chi connectivity index (χ4n) is 1.90. The Morgan fingerprint density at radius 1 is 1.05 bits per heavy atom. The molecule has 112 valence electrons. The van der Waals surface area contributed by atoms with E-state index < -0.39 is 23.2 Å². The average molecular weight is 295 g/mol. The van der Waals surface area contributed by atoms with E-state index in [1.165, 1.54) is 24.3 Å². The van der Waals surface area contributed by atoms with Crippen LogP contribution in [0.2, 0.25) is 0 Å². The van der Waals surface area contributed by atoms with Crippen molar-refractivity contribution >= 4 is 0 Å². The van der Waals surface area contributed by atoms with Gasteiger partial charge in [0.25, 0.3) is 0 Å². The monoisotopic (exact) mass is 295 g/mol. The van der Waals surface area contributed by atoms with Crippen molar-refractivity contribution in [3.8, 4) is 11.5 Å². The van der Waals surface area contributed by atoms with Gasteiger partial charge in [0.05, 0.1) is 0 Å². The van der Waals surface area contributed by atoms with E-state index in [9.17, 15) is 13.2 Å². The van der Waals surface area contributed by atoms with Gasteiger partial charge in [-0.1, -0.05) is 6.92 Å². The summed E-state index contributed by atoms with van der Waals surface area (Å²) in [5, 5.41) is 0. The molecule has 0 heterocycles. The summed E-state index contributed by atoms with van der Waals surface area (Å²) >= 11 is 0. The first kappa shape index (κ1) is 15.4. The molecule has 2 N–H and O–H groups in total. The molecule has 0 aliphatic rings. The summed E-state index contributed by atoms with van der Waals surface area (Å²) < 4.78 is 45.8.